The highest BCUT2D eigenvalue weighted by Crippen LogP contribution is 2.24. The van der Waals surface area contributed by atoms with E-state index in [1.807, 2.05) is 13.8 Å². The minimum Gasteiger partial charge on any atom is -0.496 e. The van der Waals surface area contributed by atoms with Gasteiger partial charge in [0.15, 0.2) is 0 Å². The SMILES string of the molecule is COc1c(C)cnc(Cn2ncc(I)cc2=O)c1C. The maximum absolute atomic E-state index is 11.8. The Kier molecular flexibility index (Phi) is 4.18. The number of methoxy groups -OCH3 is 1. The summed E-state index contributed by atoms with van der Waals surface area (Å²) < 4.78 is 7.57. The molecule has 0 atom stereocenters. The van der Waals surface area contributed by atoms with Gasteiger partial charge in [0.05, 0.1) is 25.5 Å². The normalized spacial score (nSPS) is 10.5. The summed E-state index contributed by atoms with van der Waals surface area (Å²) in [6.07, 6.45) is 3.40. The van der Waals surface area contributed by atoms with Crippen LogP contribution in [0.1, 0.15) is 16.8 Å². The van der Waals surface area contributed by atoms with Crippen molar-refractivity contribution in [3.05, 3.63) is 49.2 Å². The molecule has 0 radical (unpaired) electrons. The molecule has 0 N–H and O–H groups in total. The first-order valence-electron chi connectivity index (χ1n) is 5.74. The van der Waals surface area contributed by atoms with Gasteiger partial charge < -0.3 is 4.74 Å². The molecule has 2 heterocycles. The van der Waals surface area contributed by atoms with Crippen LogP contribution < -0.4 is 10.3 Å². The van der Waals surface area contributed by atoms with E-state index in [4.69, 9.17) is 4.74 Å². The maximum Gasteiger partial charge on any atom is 0.268 e. The Hall–Kier alpha value is -1.44. The molecule has 0 saturated heterocycles. The minimum atomic E-state index is -0.132. The van der Waals surface area contributed by atoms with E-state index in [9.17, 15) is 4.79 Å². The fourth-order valence-corrected chi connectivity index (χ4v) is 2.29. The molecule has 0 aliphatic carbocycles. The van der Waals surface area contributed by atoms with Crippen molar-refractivity contribution in [1.82, 2.24) is 14.8 Å². The molecule has 0 fully saturated rings. The van der Waals surface area contributed by atoms with Crippen LogP contribution in [0.25, 0.3) is 0 Å². The summed E-state index contributed by atoms with van der Waals surface area (Å²) in [6, 6.07) is 1.55. The van der Waals surface area contributed by atoms with Gasteiger partial charge in [-0.2, -0.15) is 5.10 Å². The van der Waals surface area contributed by atoms with Crippen LogP contribution in [-0.4, -0.2) is 21.9 Å². The van der Waals surface area contributed by atoms with E-state index >= 15 is 0 Å². The number of nitrogens with zero attached hydrogens (tertiary/aromatic N) is 3. The van der Waals surface area contributed by atoms with Crippen LogP contribution >= 0.6 is 22.6 Å². The van der Waals surface area contributed by atoms with Crippen LogP contribution in [0.4, 0.5) is 0 Å². The smallest absolute Gasteiger partial charge is 0.268 e. The summed E-state index contributed by atoms with van der Waals surface area (Å²) in [5.41, 5.74) is 2.58. The van der Waals surface area contributed by atoms with E-state index in [0.717, 1.165) is 26.1 Å². The first kappa shape index (κ1) is 14.0. The third kappa shape index (κ3) is 2.94. The Morgan fingerprint density at radius 2 is 2.11 bits per heavy atom. The quantitative estimate of drug-likeness (QED) is 0.774. The summed E-state index contributed by atoms with van der Waals surface area (Å²) in [5.74, 6) is 0.809. The second kappa shape index (κ2) is 5.68. The lowest BCUT2D eigenvalue weighted by Crippen LogP contribution is -2.23. The van der Waals surface area contributed by atoms with Crippen molar-refractivity contribution in [3.8, 4) is 5.75 Å². The van der Waals surface area contributed by atoms with Gasteiger partial charge in [-0.15, -0.1) is 0 Å². The molecule has 19 heavy (non-hydrogen) atoms. The van der Waals surface area contributed by atoms with E-state index < -0.39 is 0 Å². The third-order valence-corrected chi connectivity index (χ3v) is 3.48. The number of ether oxygens (including phenoxy) is 1. The molecule has 0 saturated carbocycles. The first-order chi connectivity index (χ1) is 9.02. The zero-order valence-corrected chi connectivity index (χ0v) is 13.1. The Balaban J connectivity index is 2.41. The summed E-state index contributed by atoms with van der Waals surface area (Å²) in [7, 11) is 1.63. The van der Waals surface area contributed by atoms with Gasteiger partial charge in [-0.3, -0.25) is 9.78 Å². The second-order valence-electron chi connectivity index (χ2n) is 4.22. The van der Waals surface area contributed by atoms with E-state index in [1.54, 1.807) is 25.6 Å². The zero-order chi connectivity index (χ0) is 14.0. The topological polar surface area (TPSA) is 57.0 Å². The monoisotopic (exact) mass is 371 g/mol. The van der Waals surface area contributed by atoms with Crippen molar-refractivity contribution in [3.63, 3.8) is 0 Å². The number of aryl methyl sites for hydroxylation is 1. The molecule has 0 amide bonds. The number of pyridine rings is 1. The van der Waals surface area contributed by atoms with Crippen LogP contribution in [0, 0.1) is 17.4 Å². The molecule has 2 rings (SSSR count). The fraction of sp³-hybridized carbons (Fsp3) is 0.308. The number of aromatic nitrogens is 3. The zero-order valence-electron chi connectivity index (χ0n) is 11.0. The summed E-state index contributed by atoms with van der Waals surface area (Å²) >= 11 is 2.06. The Morgan fingerprint density at radius 3 is 2.74 bits per heavy atom. The maximum atomic E-state index is 11.8. The molecular formula is C13H14IN3O2. The summed E-state index contributed by atoms with van der Waals surface area (Å²) in [6.45, 7) is 4.22. The molecule has 0 aliphatic rings. The van der Waals surface area contributed by atoms with Crippen molar-refractivity contribution < 1.29 is 4.74 Å². The molecular weight excluding hydrogens is 357 g/mol. The molecule has 6 heteroatoms. The van der Waals surface area contributed by atoms with Gasteiger partial charge in [0.1, 0.15) is 5.75 Å². The average Bonchev–Trinajstić information content (AvgIpc) is 2.36. The summed E-state index contributed by atoms with van der Waals surface area (Å²) in [5, 5.41) is 4.11. The minimum absolute atomic E-state index is 0.132. The largest absolute Gasteiger partial charge is 0.496 e. The van der Waals surface area contributed by atoms with Crippen molar-refractivity contribution in [2.75, 3.05) is 7.11 Å². The van der Waals surface area contributed by atoms with Crippen molar-refractivity contribution >= 4 is 22.6 Å². The van der Waals surface area contributed by atoms with Gasteiger partial charge in [-0.1, -0.05) is 0 Å². The van der Waals surface area contributed by atoms with Gasteiger partial charge in [0.2, 0.25) is 0 Å². The highest BCUT2D eigenvalue weighted by molar-refractivity contribution is 14.1. The molecule has 0 aromatic carbocycles. The lowest BCUT2D eigenvalue weighted by molar-refractivity contribution is 0.406. The molecule has 2 aromatic heterocycles. The fourth-order valence-electron chi connectivity index (χ4n) is 1.90. The van der Waals surface area contributed by atoms with Crippen LogP contribution in [0.5, 0.6) is 5.75 Å². The van der Waals surface area contributed by atoms with E-state index in [2.05, 4.69) is 32.7 Å². The van der Waals surface area contributed by atoms with E-state index in [1.165, 1.54) is 4.68 Å². The molecule has 5 nitrogen and oxygen atoms in total. The molecule has 0 spiro atoms. The van der Waals surface area contributed by atoms with Gasteiger partial charge in [-0.25, -0.2) is 4.68 Å². The van der Waals surface area contributed by atoms with Crippen LogP contribution in [0.15, 0.2) is 23.3 Å². The van der Waals surface area contributed by atoms with E-state index in [0.29, 0.717) is 6.54 Å². The standard InChI is InChI=1S/C13H14IN3O2/c1-8-5-15-11(9(2)13(8)19-3)7-17-12(18)4-10(14)6-16-17/h4-6H,7H2,1-3H3. The first-order valence-corrected chi connectivity index (χ1v) is 6.82. The molecule has 2 aromatic rings. The molecule has 100 valence electrons. The number of rotatable bonds is 3. The molecule has 0 aliphatic heterocycles. The number of hydrogen-bond acceptors (Lipinski definition) is 4. The molecule has 0 unspecified atom stereocenters. The predicted octanol–water partition coefficient (Wildman–Crippen LogP) is 1.92. The molecule has 0 bridgehead atoms. The van der Waals surface area contributed by atoms with E-state index in [-0.39, 0.29) is 5.56 Å². The summed E-state index contributed by atoms with van der Waals surface area (Å²) in [4.78, 5) is 16.2. The lowest BCUT2D eigenvalue weighted by atomic mass is 10.1. The van der Waals surface area contributed by atoms with Gasteiger partial charge in [0.25, 0.3) is 5.56 Å². The predicted molar refractivity (Wildman–Crippen MR) is 80.6 cm³/mol. The highest BCUT2D eigenvalue weighted by atomic mass is 127. The average molecular weight is 371 g/mol. The Morgan fingerprint density at radius 1 is 1.37 bits per heavy atom. The Labute approximate surface area is 124 Å². The third-order valence-electron chi connectivity index (χ3n) is 2.89. The van der Waals surface area contributed by atoms with Crippen molar-refractivity contribution in [2.24, 2.45) is 0 Å². The number of halogens is 1. The Bertz CT molecular complexity index is 667. The van der Waals surface area contributed by atoms with Crippen LogP contribution in [0.2, 0.25) is 0 Å². The van der Waals surface area contributed by atoms with Crippen LogP contribution in [-0.2, 0) is 6.54 Å². The highest BCUT2D eigenvalue weighted by Gasteiger charge is 2.11. The number of hydrogen-bond donors (Lipinski definition) is 0. The van der Waals surface area contributed by atoms with Crippen LogP contribution in [0.3, 0.4) is 0 Å². The van der Waals surface area contributed by atoms with Gasteiger partial charge >= 0.3 is 0 Å². The lowest BCUT2D eigenvalue weighted by Gasteiger charge is -2.12. The van der Waals surface area contributed by atoms with Crippen molar-refractivity contribution in [1.29, 1.82) is 0 Å². The second-order valence-corrected chi connectivity index (χ2v) is 5.46. The van der Waals surface area contributed by atoms with Crippen molar-refractivity contribution in [2.45, 2.75) is 20.4 Å². The van der Waals surface area contributed by atoms with Gasteiger partial charge in [0, 0.05) is 27.0 Å². The van der Waals surface area contributed by atoms with Gasteiger partial charge in [-0.05, 0) is 36.4 Å².